The van der Waals surface area contributed by atoms with Crippen molar-refractivity contribution in [2.45, 2.75) is 6.54 Å². The summed E-state index contributed by atoms with van der Waals surface area (Å²) in [5.74, 6) is -1.22. The highest BCUT2D eigenvalue weighted by Crippen LogP contribution is 2.15. The van der Waals surface area contributed by atoms with Gasteiger partial charge in [0.2, 0.25) is 0 Å². The molecule has 1 aromatic heterocycles. The molecule has 1 amide bonds. The number of aryl methyl sites for hydroxylation is 1. The number of aromatic hydroxyl groups is 1. The van der Waals surface area contributed by atoms with E-state index in [2.05, 4.69) is 10.3 Å². The topological polar surface area (TPSA) is 67.2 Å². The van der Waals surface area contributed by atoms with Gasteiger partial charge in [0.05, 0.1) is 6.33 Å². The van der Waals surface area contributed by atoms with Gasteiger partial charge in [0.15, 0.2) is 16.1 Å². The minimum Gasteiger partial charge on any atom is -0.503 e. The van der Waals surface area contributed by atoms with Crippen molar-refractivity contribution in [3.63, 3.8) is 0 Å². The Labute approximate surface area is 119 Å². The number of benzene rings is 1. The molecule has 0 atom stereocenters. The van der Waals surface area contributed by atoms with E-state index in [1.807, 2.05) is 0 Å². The molecule has 0 saturated heterocycles. The average Bonchev–Trinajstić information content (AvgIpc) is 2.44. The summed E-state index contributed by atoms with van der Waals surface area (Å²) in [6, 6.07) is 5.74. The number of nitrogens with zero attached hydrogens (tertiary/aromatic N) is 2. The van der Waals surface area contributed by atoms with Gasteiger partial charge in [0.25, 0.3) is 5.91 Å². The molecule has 104 valence electrons. The van der Waals surface area contributed by atoms with Crippen LogP contribution in [0, 0.1) is 10.5 Å². The number of nitrogens with one attached hydrogen (secondary N) is 1. The monoisotopic (exact) mass is 293 g/mol. The summed E-state index contributed by atoms with van der Waals surface area (Å²) in [6.45, 7) is 0.202. The quantitative estimate of drug-likeness (QED) is 0.849. The van der Waals surface area contributed by atoms with Crippen molar-refractivity contribution < 1.29 is 14.3 Å². The Morgan fingerprint density at radius 1 is 1.45 bits per heavy atom. The van der Waals surface area contributed by atoms with Crippen LogP contribution in [0.4, 0.5) is 4.39 Å². The Balaban J connectivity index is 2.11. The van der Waals surface area contributed by atoms with E-state index in [9.17, 15) is 14.3 Å². The van der Waals surface area contributed by atoms with Gasteiger partial charge < -0.3 is 15.0 Å². The molecule has 5 nitrogen and oxygen atoms in total. The predicted octanol–water partition coefficient (Wildman–Crippen LogP) is 1.92. The number of halogens is 1. The lowest BCUT2D eigenvalue weighted by atomic mass is 10.2. The molecule has 1 aromatic carbocycles. The fourth-order valence-electron chi connectivity index (χ4n) is 1.56. The van der Waals surface area contributed by atoms with Crippen molar-refractivity contribution in [2.75, 3.05) is 0 Å². The molecule has 20 heavy (non-hydrogen) atoms. The summed E-state index contributed by atoms with van der Waals surface area (Å²) in [7, 11) is 1.62. The number of rotatable bonds is 3. The average molecular weight is 293 g/mol. The van der Waals surface area contributed by atoms with Crippen molar-refractivity contribution >= 4 is 18.1 Å². The Bertz CT molecular complexity index is 698. The van der Waals surface area contributed by atoms with E-state index in [1.54, 1.807) is 19.2 Å². The predicted molar refractivity (Wildman–Crippen MR) is 73.3 cm³/mol. The lowest BCUT2D eigenvalue weighted by Crippen LogP contribution is -2.24. The highest BCUT2D eigenvalue weighted by molar-refractivity contribution is 7.71. The van der Waals surface area contributed by atoms with Crippen LogP contribution in [0.5, 0.6) is 5.75 Å². The van der Waals surface area contributed by atoms with Gasteiger partial charge in [-0.05, 0) is 17.7 Å². The maximum Gasteiger partial charge on any atom is 0.274 e. The molecule has 2 aromatic rings. The molecule has 0 aliphatic rings. The second-order valence-electron chi connectivity index (χ2n) is 4.17. The SMILES string of the molecule is Cn1cnc(C(=O)NCc2ccc(F)cc2)c(O)c1=S. The molecule has 0 aliphatic heterocycles. The molecule has 0 bridgehead atoms. The zero-order chi connectivity index (χ0) is 14.7. The van der Waals surface area contributed by atoms with Crippen molar-refractivity contribution in [3.05, 3.63) is 52.3 Å². The fraction of sp³-hybridized carbons (Fsp3) is 0.154. The summed E-state index contributed by atoms with van der Waals surface area (Å²) in [6.07, 6.45) is 1.36. The highest BCUT2D eigenvalue weighted by atomic mass is 32.1. The van der Waals surface area contributed by atoms with Crippen molar-refractivity contribution in [2.24, 2.45) is 7.05 Å². The fourth-order valence-corrected chi connectivity index (χ4v) is 1.70. The van der Waals surface area contributed by atoms with Gasteiger partial charge in [-0.15, -0.1) is 0 Å². The minimum atomic E-state index is -0.543. The summed E-state index contributed by atoms with van der Waals surface area (Å²) >= 11 is 4.94. The Morgan fingerprint density at radius 2 is 2.10 bits per heavy atom. The lowest BCUT2D eigenvalue weighted by Gasteiger charge is -2.07. The standard InChI is InChI=1S/C13H12FN3O2S/c1-17-7-16-10(11(18)13(17)20)12(19)15-6-8-2-4-9(14)5-3-8/h2-5,7,18H,6H2,1H3,(H,15,19). The summed E-state index contributed by atoms with van der Waals surface area (Å²) in [4.78, 5) is 15.7. The number of aromatic nitrogens is 2. The maximum atomic E-state index is 12.7. The smallest absolute Gasteiger partial charge is 0.274 e. The normalized spacial score (nSPS) is 10.3. The van der Waals surface area contributed by atoms with Crippen LogP contribution in [0.25, 0.3) is 0 Å². The third kappa shape index (κ3) is 3.00. The lowest BCUT2D eigenvalue weighted by molar-refractivity contribution is 0.0942. The molecule has 0 aliphatic carbocycles. The molecule has 2 rings (SSSR count). The van der Waals surface area contributed by atoms with E-state index >= 15 is 0 Å². The van der Waals surface area contributed by atoms with Gasteiger partial charge >= 0.3 is 0 Å². The van der Waals surface area contributed by atoms with Crippen molar-refractivity contribution in [1.29, 1.82) is 0 Å². The summed E-state index contributed by atoms with van der Waals surface area (Å²) < 4.78 is 14.3. The second-order valence-corrected chi connectivity index (χ2v) is 4.55. The van der Waals surface area contributed by atoms with Crippen LogP contribution < -0.4 is 5.32 Å². The van der Waals surface area contributed by atoms with Crippen molar-refractivity contribution in [1.82, 2.24) is 14.9 Å². The van der Waals surface area contributed by atoms with E-state index in [0.717, 1.165) is 5.56 Å². The highest BCUT2D eigenvalue weighted by Gasteiger charge is 2.14. The van der Waals surface area contributed by atoms with E-state index in [1.165, 1.54) is 23.0 Å². The second kappa shape index (κ2) is 5.79. The van der Waals surface area contributed by atoms with Crippen LogP contribution in [0.3, 0.4) is 0 Å². The zero-order valence-electron chi connectivity index (χ0n) is 10.6. The molecule has 7 heteroatoms. The number of hydrogen-bond donors (Lipinski definition) is 2. The summed E-state index contributed by atoms with van der Waals surface area (Å²) in [5, 5.41) is 12.4. The van der Waals surface area contributed by atoms with Crippen molar-refractivity contribution in [3.8, 4) is 5.75 Å². The maximum absolute atomic E-state index is 12.7. The van der Waals surface area contributed by atoms with Crippen LogP contribution >= 0.6 is 12.2 Å². The van der Waals surface area contributed by atoms with E-state index in [0.29, 0.717) is 0 Å². The molecule has 2 N–H and O–H groups in total. The first-order chi connectivity index (χ1) is 9.49. The van der Waals surface area contributed by atoms with Gasteiger partial charge in [-0.1, -0.05) is 24.4 Å². The minimum absolute atomic E-state index is 0.129. The first kappa shape index (κ1) is 14.1. The number of amides is 1. The molecule has 0 unspecified atom stereocenters. The first-order valence-electron chi connectivity index (χ1n) is 5.76. The Morgan fingerprint density at radius 3 is 2.75 bits per heavy atom. The van der Waals surface area contributed by atoms with Crippen LogP contribution in [0.1, 0.15) is 16.1 Å². The molecule has 0 spiro atoms. The largest absolute Gasteiger partial charge is 0.503 e. The number of carbonyl (C=O) groups excluding carboxylic acids is 1. The van der Waals surface area contributed by atoms with E-state index < -0.39 is 5.91 Å². The number of carbonyl (C=O) groups is 1. The van der Waals surface area contributed by atoms with Gasteiger partial charge in [0.1, 0.15) is 5.82 Å². The number of hydrogen-bond acceptors (Lipinski definition) is 4. The molecular weight excluding hydrogens is 281 g/mol. The molecule has 0 fully saturated rings. The third-order valence-corrected chi connectivity index (χ3v) is 3.17. The van der Waals surface area contributed by atoms with Crippen LogP contribution in [-0.2, 0) is 13.6 Å². The van der Waals surface area contributed by atoms with Gasteiger partial charge in [-0.25, -0.2) is 9.37 Å². The zero-order valence-corrected chi connectivity index (χ0v) is 11.4. The first-order valence-corrected chi connectivity index (χ1v) is 6.17. The molecular formula is C13H12FN3O2S. The molecule has 0 saturated carbocycles. The van der Waals surface area contributed by atoms with E-state index in [4.69, 9.17) is 12.2 Å². The summed E-state index contributed by atoms with van der Waals surface area (Å²) in [5.41, 5.74) is 0.606. The van der Waals surface area contributed by atoms with Crippen LogP contribution in [-0.4, -0.2) is 20.6 Å². The third-order valence-electron chi connectivity index (χ3n) is 2.69. The van der Waals surface area contributed by atoms with Gasteiger partial charge in [0, 0.05) is 13.6 Å². The van der Waals surface area contributed by atoms with Gasteiger partial charge in [-0.2, -0.15) is 0 Å². The Kier molecular flexibility index (Phi) is 4.09. The Hall–Kier alpha value is -2.28. The van der Waals surface area contributed by atoms with Crippen LogP contribution in [0.15, 0.2) is 30.6 Å². The van der Waals surface area contributed by atoms with E-state index in [-0.39, 0.29) is 28.4 Å². The van der Waals surface area contributed by atoms with Crippen LogP contribution in [0.2, 0.25) is 0 Å². The molecule has 0 radical (unpaired) electrons. The molecule has 1 heterocycles. The van der Waals surface area contributed by atoms with Gasteiger partial charge in [-0.3, -0.25) is 4.79 Å².